The van der Waals surface area contributed by atoms with Crippen molar-refractivity contribution < 1.29 is 0 Å². The van der Waals surface area contributed by atoms with Crippen molar-refractivity contribution in [3.8, 4) is 5.82 Å². The zero-order valence-corrected chi connectivity index (χ0v) is 9.01. The minimum Gasteiger partial charge on any atom is -0.394 e. The molecule has 2 rings (SSSR count). The number of anilines is 1. The molecule has 15 heavy (non-hydrogen) atoms. The normalized spacial score (nSPS) is 10.8. The lowest BCUT2D eigenvalue weighted by molar-refractivity contribution is 0.574. The predicted octanol–water partition coefficient (Wildman–Crippen LogP) is 1.37. The number of rotatable bonds is 3. The Morgan fingerprint density at radius 3 is 2.87 bits per heavy atom. The molecule has 0 aromatic carbocycles. The van der Waals surface area contributed by atoms with Crippen molar-refractivity contribution in [2.24, 2.45) is 0 Å². The second-order valence-corrected chi connectivity index (χ2v) is 3.50. The van der Waals surface area contributed by atoms with E-state index in [2.05, 4.69) is 17.1 Å². The molecule has 2 aromatic heterocycles. The molecule has 0 aliphatic heterocycles. The average Bonchev–Trinajstić information content (AvgIpc) is 2.78. The Labute approximate surface area is 88.5 Å². The molecule has 0 amide bonds. The number of hydrogen-bond donors (Lipinski definition) is 1. The lowest BCUT2D eigenvalue weighted by Crippen LogP contribution is -2.09. The molecule has 2 aromatic rings. The number of nitrogen functional groups attached to an aromatic ring is 1. The molecule has 0 saturated heterocycles. The fourth-order valence-corrected chi connectivity index (χ4v) is 1.59. The molecule has 80 valence electrons. The molecule has 2 N–H and O–H groups in total. The third-order valence-corrected chi connectivity index (χ3v) is 2.30. The van der Waals surface area contributed by atoms with Crippen LogP contribution in [0.1, 0.15) is 19.0 Å². The van der Waals surface area contributed by atoms with Crippen LogP contribution < -0.4 is 5.73 Å². The van der Waals surface area contributed by atoms with Gasteiger partial charge in [-0.15, -0.1) is 0 Å². The summed E-state index contributed by atoms with van der Waals surface area (Å²) in [6.07, 6.45) is 4.63. The van der Waals surface area contributed by atoms with Crippen LogP contribution in [0.25, 0.3) is 5.82 Å². The summed E-state index contributed by atoms with van der Waals surface area (Å²) in [7, 11) is 0. The van der Waals surface area contributed by atoms with Crippen LogP contribution in [-0.2, 0) is 6.54 Å². The molecular weight excluding hydrogens is 190 g/mol. The van der Waals surface area contributed by atoms with E-state index in [1.54, 1.807) is 10.9 Å². The highest BCUT2D eigenvalue weighted by Crippen LogP contribution is 2.20. The van der Waals surface area contributed by atoms with E-state index in [0.29, 0.717) is 5.69 Å². The highest BCUT2D eigenvalue weighted by molar-refractivity contribution is 5.56. The summed E-state index contributed by atoms with van der Waals surface area (Å²) >= 11 is 0. The molecule has 0 radical (unpaired) electrons. The third-order valence-electron chi connectivity index (χ3n) is 2.30. The number of aryl methyl sites for hydroxylation is 2. The number of nitrogens with two attached hydrogens (primary N) is 1. The molecule has 0 spiro atoms. The predicted molar refractivity (Wildman–Crippen MR) is 58.8 cm³/mol. The fraction of sp³-hybridized carbons (Fsp3) is 0.400. The third kappa shape index (κ3) is 1.60. The van der Waals surface area contributed by atoms with E-state index in [1.165, 1.54) is 0 Å². The first-order valence-corrected chi connectivity index (χ1v) is 5.07. The van der Waals surface area contributed by atoms with Gasteiger partial charge in [-0.05, 0) is 19.4 Å². The van der Waals surface area contributed by atoms with Crippen molar-refractivity contribution in [1.82, 2.24) is 19.6 Å². The summed E-state index contributed by atoms with van der Waals surface area (Å²) < 4.78 is 3.66. The first-order chi connectivity index (χ1) is 7.24. The maximum atomic E-state index is 5.98. The summed E-state index contributed by atoms with van der Waals surface area (Å²) in [5, 5.41) is 8.57. The van der Waals surface area contributed by atoms with Crippen LogP contribution in [0.4, 0.5) is 5.69 Å². The van der Waals surface area contributed by atoms with E-state index in [1.807, 2.05) is 23.9 Å². The van der Waals surface area contributed by atoms with Gasteiger partial charge in [-0.2, -0.15) is 10.2 Å². The molecule has 0 unspecified atom stereocenters. The molecule has 0 atom stereocenters. The summed E-state index contributed by atoms with van der Waals surface area (Å²) in [6, 6.07) is 1.87. The van der Waals surface area contributed by atoms with Crippen molar-refractivity contribution in [2.45, 2.75) is 26.8 Å². The fourth-order valence-electron chi connectivity index (χ4n) is 1.59. The largest absolute Gasteiger partial charge is 0.394 e. The van der Waals surface area contributed by atoms with Crippen molar-refractivity contribution in [3.63, 3.8) is 0 Å². The summed E-state index contributed by atoms with van der Waals surface area (Å²) in [5.41, 5.74) is 7.54. The van der Waals surface area contributed by atoms with E-state index in [4.69, 9.17) is 5.73 Å². The zero-order valence-electron chi connectivity index (χ0n) is 9.01. The Kier molecular flexibility index (Phi) is 2.45. The lowest BCUT2D eigenvalue weighted by Gasteiger charge is -2.06. The van der Waals surface area contributed by atoms with Crippen LogP contribution in [0.2, 0.25) is 0 Å². The van der Waals surface area contributed by atoms with Gasteiger partial charge in [0.1, 0.15) is 0 Å². The van der Waals surface area contributed by atoms with Gasteiger partial charge in [-0.3, -0.25) is 0 Å². The molecular formula is C10H15N5. The van der Waals surface area contributed by atoms with Gasteiger partial charge in [-0.1, -0.05) is 6.92 Å². The van der Waals surface area contributed by atoms with E-state index in [9.17, 15) is 0 Å². The van der Waals surface area contributed by atoms with Gasteiger partial charge in [0.05, 0.1) is 11.4 Å². The summed E-state index contributed by atoms with van der Waals surface area (Å²) in [4.78, 5) is 0. The highest BCUT2D eigenvalue weighted by Gasteiger charge is 2.13. The Balaban J connectivity index is 2.53. The van der Waals surface area contributed by atoms with Crippen molar-refractivity contribution >= 4 is 5.69 Å². The SMILES string of the molecule is CCCn1nc(C)c(N)c1-n1cccn1. The van der Waals surface area contributed by atoms with Crippen LogP contribution in [0.15, 0.2) is 18.5 Å². The second-order valence-electron chi connectivity index (χ2n) is 3.50. The number of hydrogen-bond acceptors (Lipinski definition) is 3. The van der Waals surface area contributed by atoms with E-state index in [-0.39, 0.29) is 0 Å². The Morgan fingerprint density at radius 2 is 2.27 bits per heavy atom. The first kappa shape index (κ1) is 9.76. The zero-order chi connectivity index (χ0) is 10.8. The molecule has 0 fully saturated rings. The maximum absolute atomic E-state index is 5.98. The van der Waals surface area contributed by atoms with Crippen molar-refractivity contribution in [2.75, 3.05) is 5.73 Å². The minimum absolute atomic E-state index is 0.701. The number of aromatic nitrogens is 4. The van der Waals surface area contributed by atoms with Crippen LogP contribution >= 0.6 is 0 Å². The maximum Gasteiger partial charge on any atom is 0.175 e. The van der Waals surface area contributed by atoms with E-state index in [0.717, 1.165) is 24.5 Å². The standard InChI is InChI=1S/C10H15N5/c1-3-6-15-10(9(11)8(2)13-15)14-7-4-5-12-14/h4-5,7H,3,6,11H2,1-2H3. The van der Waals surface area contributed by atoms with Crippen LogP contribution in [0, 0.1) is 6.92 Å². The second kappa shape index (κ2) is 3.76. The molecule has 2 heterocycles. The quantitative estimate of drug-likeness (QED) is 0.823. The van der Waals surface area contributed by atoms with Crippen LogP contribution in [0.3, 0.4) is 0 Å². The van der Waals surface area contributed by atoms with Crippen LogP contribution in [-0.4, -0.2) is 19.6 Å². The van der Waals surface area contributed by atoms with Crippen molar-refractivity contribution in [3.05, 3.63) is 24.2 Å². The van der Waals surface area contributed by atoms with Crippen LogP contribution in [0.5, 0.6) is 0 Å². The molecule has 5 nitrogen and oxygen atoms in total. The Hall–Kier alpha value is -1.78. The first-order valence-electron chi connectivity index (χ1n) is 5.07. The van der Waals surface area contributed by atoms with Gasteiger partial charge in [0, 0.05) is 18.9 Å². The van der Waals surface area contributed by atoms with Gasteiger partial charge in [0.25, 0.3) is 0 Å². The van der Waals surface area contributed by atoms with E-state index >= 15 is 0 Å². The Bertz CT molecular complexity index is 441. The van der Waals surface area contributed by atoms with E-state index < -0.39 is 0 Å². The smallest absolute Gasteiger partial charge is 0.175 e. The van der Waals surface area contributed by atoms with Gasteiger partial charge in [0.2, 0.25) is 0 Å². The molecule has 5 heteroatoms. The van der Waals surface area contributed by atoms with Crippen molar-refractivity contribution in [1.29, 1.82) is 0 Å². The van der Waals surface area contributed by atoms with Gasteiger partial charge >= 0.3 is 0 Å². The lowest BCUT2D eigenvalue weighted by atomic mass is 10.4. The minimum atomic E-state index is 0.701. The molecule has 0 bridgehead atoms. The molecule has 0 aliphatic rings. The Morgan fingerprint density at radius 1 is 1.47 bits per heavy atom. The monoisotopic (exact) mass is 205 g/mol. The summed E-state index contributed by atoms with van der Waals surface area (Å²) in [6.45, 7) is 4.88. The van der Waals surface area contributed by atoms with Gasteiger partial charge in [-0.25, -0.2) is 9.36 Å². The topological polar surface area (TPSA) is 61.7 Å². The molecule has 0 saturated carbocycles. The highest BCUT2D eigenvalue weighted by atomic mass is 15.4. The molecule has 0 aliphatic carbocycles. The average molecular weight is 205 g/mol. The number of nitrogens with zero attached hydrogens (tertiary/aromatic N) is 4. The van der Waals surface area contributed by atoms with Gasteiger partial charge in [0.15, 0.2) is 5.82 Å². The summed E-state index contributed by atoms with van der Waals surface area (Å²) in [5.74, 6) is 0.861. The van der Waals surface area contributed by atoms with Gasteiger partial charge < -0.3 is 5.73 Å².